The van der Waals surface area contributed by atoms with E-state index in [-0.39, 0.29) is 17.8 Å². The molecule has 0 saturated carbocycles. The Morgan fingerprint density at radius 3 is 2.67 bits per heavy atom. The van der Waals surface area contributed by atoms with E-state index in [4.69, 9.17) is 9.47 Å². The third-order valence-corrected chi connectivity index (χ3v) is 8.65. The van der Waals surface area contributed by atoms with E-state index in [0.717, 1.165) is 47.9 Å². The number of thiophene rings is 1. The molecule has 2 aromatic heterocycles. The van der Waals surface area contributed by atoms with Gasteiger partial charge in [0.25, 0.3) is 0 Å². The van der Waals surface area contributed by atoms with Crippen LogP contribution >= 0.6 is 39.0 Å². The lowest BCUT2D eigenvalue weighted by atomic mass is 10.1. The SMILES string of the molecule is CCn1c(SCC(=O)Nc2sc3c(c2C(=O)OC)CCCCC3)nnc1C(C)Oc1ccc(Br)cc1. The Morgan fingerprint density at radius 2 is 1.94 bits per heavy atom. The van der Waals surface area contributed by atoms with E-state index in [9.17, 15) is 9.59 Å². The van der Waals surface area contributed by atoms with Gasteiger partial charge in [-0.05, 0) is 69.4 Å². The van der Waals surface area contributed by atoms with Gasteiger partial charge in [-0.15, -0.1) is 21.5 Å². The minimum absolute atomic E-state index is 0.142. The Morgan fingerprint density at radius 1 is 1.19 bits per heavy atom. The molecule has 1 aromatic carbocycles. The number of amides is 1. The molecule has 0 fully saturated rings. The normalized spacial score (nSPS) is 14.0. The number of methoxy groups -OCH3 is 1. The number of halogens is 1. The second-order valence-corrected chi connectivity index (χ2v) is 11.4. The van der Waals surface area contributed by atoms with Crippen molar-refractivity contribution in [3.63, 3.8) is 0 Å². The monoisotopic (exact) mass is 592 g/mol. The maximum atomic E-state index is 12.9. The maximum Gasteiger partial charge on any atom is 0.341 e. The second-order valence-electron chi connectivity index (χ2n) is 8.40. The van der Waals surface area contributed by atoms with Crippen molar-refractivity contribution in [1.29, 1.82) is 0 Å². The van der Waals surface area contributed by atoms with Crippen molar-refractivity contribution in [2.45, 2.75) is 63.8 Å². The third kappa shape index (κ3) is 6.12. The van der Waals surface area contributed by atoms with Crippen molar-refractivity contribution < 1.29 is 19.1 Å². The molecule has 0 bridgehead atoms. The van der Waals surface area contributed by atoms with Gasteiger partial charge in [-0.2, -0.15) is 0 Å². The van der Waals surface area contributed by atoms with Gasteiger partial charge >= 0.3 is 5.97 Å². The van der Waals surface area contributed by atoms with Crippen LogP contribution < -0.4 is 10.1 Å². The highest BCUT2D eigenvalue weighted by molar-refractivity contribution is 9.10. The number of aromatic nitrogens is 3. The van der Waals surface area contributed by atoms with Crippen LogP contribution in [-0.2, 0) is 28.9 Å². The van der Waals surface area contributed by atoms with Gasteiger partial charge in [0.15, 0.2) is 17.1 Å². The molecule has 1 unspecified atom stereocenters. The predicted octanol–water partition coefficient (Wildman–Crippen LogP) is 6.05. The van der Waals surface area contributed by atoms with Crippen LogP contribution in [0.15, 0.2) is 33.9 Å². The number of esters is 1. The van der Waals surface area contributed by atoms with E-state index in [1.165, 1.54) is 35.1 Å². The van der Waals surface area contributed by atoms with Crippen molar-refractivity contribution in [3.05, 3.63) is 50.6 Å². The summed E-state index contributed by atoms with van der Waals surface area (Å²) in [6.07, 6.45) is 4.73. The number of fused-ring (bicyclic) bond motifs is 1. The summed E-state index contributed by atoms with van der Waals surface area (Å²) in [5.74, 6) is 0.975. The fourth-order valence-corrected chi connectivity index (χ4v) is 6.58. The molecule has 3 aromatic rings. The number of aryl methyl sites for hydroxylation is 1. The van der Waals surface area contributed by atoms with Crippen molar-refractivity contribution >= 4 is 55.9 Å². The number of carbonyl (C=O) groups excluding carboxylic acids is 2. The zero-order valence-corrected chi connectivity index (χ0v) is 23.7. The van der Waals surface area contributed by atoms with Gasteiger partial charge in [-0.25, -0.2) is 4.79 Å². The highest BCUT2D eigenvalue weighted by Gasteiger charge is 2.26. The van der Waals surface area contributed by atoms with Gasteiger partial charge in [-0.3, -0.25) is 4.79 Å². The summed E-state index contributed by atoms with van der Waals surface area (Å²) in [6, 6.07) is 7.62. The van der Waals surface area contributed by atoms with Gasteiger partial charge in [0.1, 0.15) is 10.8 Å². The van der Waals surface area contributed by atoms with Crippen LogP contribution in [0.5, 0.6) is 5.75 Å². The second kappa shape index (κ2) is 12.2. The summed E-state index contributed by atoms with van der Waals surface area (Å²) in [4.78, 5) is 26.6. The van der Waals surface area contributed by atoms with E-state index in [1.54, 1.807) is 0 Å². The van der Waals surface area contributed by atoms with Crippen molar-refractivity contribution in [2.24, 2.45) is 0 Å². The standard InChI is InChI=1S/C25H29BrN4O4S2/c1-4-30-22(15(2)34-17-12-10-16(26)11-13-17)28-29-25(30)35-14-20(31)27-23-21(24(32)33-3)18-8-6-5-7-9-19(18)36-23/h10-13,15H,4-9,14H2,1-3H3,(H,27,31). The van der Waals surface area contributed by atoms with Gasteiger partial charge in [0.05, 0.1) is 18.4 Å². The summed E-state index contributed by atoms with van der Waals surface area (Å²) in [6.45, 7) is 4.57. The van der Waals surface area contributed by atoms with E-state index in [1.807, 2.05) is 42.7 Å². The molecule has 0 spiro atoms. The zero-order chi connectivity index (χ0) is 25.7. The van der Waals surface area contributed by atoms with Gasteiger partial charge < -0.3 is 19.4 Å². The first-order chi connectivity index (χ1) is 17.4. The molecule has 192 valence electrons. The molecule has 1 amide bonds. The highest BCUT2D eigenvalue weighted by atomic mass is 79.9. The molecule has 2 heterocycles. The minimum atomic E-state index is -0.396. The van der Waals surface area contributed by atoms with Crippen LogP contribution in [0, 0.1) is 0 Å². The number of hydrogen-bond donors (Lipinski definition) is 1. The van der Waals surface area contributed by atoms with Crippen molar-refractivity contribution in [2.75, 3.05) is 18.2 Å². The average Bonchev–Trinajstić information content (AvgIpc) is 3.36. The number of rotatable bonds is 9. The molecule has 4 rings (SSSR count). The molecule has 0 radical (unpaired) electrons. The predicted molar refractivity (Wildman–Crippen MR) is 145 cm³/mol. The quantitative estimate of drug-likeness (QED) is 0.183. The first-order valence-corrected chi connectivity index (χ1v) is 14.5. The molecule has 1 aliphatic rings. The Bertz CT molecular complexity index is 1230. The largest absolute Gasteiger partial charge is 0.483 e. The lowest BCUT2D eigenvalue weighted by molar-refractivity contribution is -0.113. The molecule has 1 atom stereocenters. The summed E-state index contributed by atoms with van der Waals surface area (Å²) in [7, 11) is 1.38. The van der Waals surface area contributed by atoms with Crippen LogP contribution in [0.2, 0.25) is 0 Å². The van der Waals surface area contributed by atoms with E-state index >= 15 is 0 Å². The maximum absolute atomic E-state index is 12.9. The molecule has 0 aliphatic heterocycles. The fraction of sp³-hybridized carbons (Fsp3) is 0.440. The molecule has 0 saturated heterocycles. The van der Waals surface area contributed by atoms with E-state index in [0.29, 0.717) is 28.1 Å². The fourth-order valence-electron chi connectivity index (χ4n) is 4.22. The summed E-state index contributed by atoms with van der Waals surface area (Å²) in [5, 5.41) is 12.8. The number of nitrogens with one attached hydrogen (secondary N) is 1. The first-order valence-electron chi connectivity index (χ1n) is 11.9. The minimum Gasteiger partial charge on any atom is -0.483 e. The Kier molecular flexibility index (Phi) is 9.08. The number of nitrogens with zero attached hydrogens (tertiary/aromatic N) is 3. The number of thioether (sulfide) groups is 1. The van der Waals surface area contributed by atoms with Gasteiger partial charge in [-0.1, -0.05) is 34.1 Å². The summed E-state index contributed by atoms with van der Waals surface area (Å²) < 4.78 is 14.0. The molecule has 11 heteroatoms. The number of anilines is 1. The number of carbonyl (C=O) groups is 2. The molecular formula is C25H29BrN4O4S2. The van der Waals surface area contributed by atoms with Crippen LogP contribution in [0.25, 0.3) is 0 Å². The van der Waals surface area contributed by atoms with E-state index < -0.39 is 5.97 Å². The van der Waals surface area contributed by atoms with Gasteiger partial charge in [0, 0.05) is 15.9 Å². The van der Waals surface area contributed by atoms with E-state index in [2.05, 4.69) is 31.4 Å². The van der Waals surface area contributed by atoms with Crippen molar-refractivity contribution in [3.8, 4) is 5.75 Å². The van der Waals surface area contributed by atoms with Crippen LogP contribution in [0.3, 0.4) is 0 Å². The van der Waals surface area contributed by atoms with Gasteiger partial charge in [0.2, 0.25) is 5.91 Å². The molecule has 36 heavy (non-hydrogen) atoms. The number of benzene rings is 1. The Hall–Kier alpha value is -2.37. The molecular weight excluding hydrogens is 564 g/mol. The highest BCUT2D eigenvalue weighted by Crippen LogP contribution is 2.38. The van der Waals surface area contributed by atoms with Crippen LogP contribution in [0.4, 0.5) is 5.00 Å². The smallest absolute Gasteiger partial charge is 0.341 e. The Labute approximate surface area is 227 Å². The molecule has 1 aliphatic carbocycles. The van der Waals surface area contributed by atoms with Crippen LogP contribution in [-0.4, -0.2) is 39.5 Å². The Balaban J connectivity index is 1.43. The summed E-state index contributed by atoms with van der Waals surface area (Å²) in [5.41, 5.74) is 1.54. The number of hydrogen-bond acceptors (Lipinski definition) is 8. The third-order valence-electron chi connectivity index (χ3n) is 5.95. The van der Waals surface area contributed by atoms with Crippen molar-refractivity contribution in [1.82, 2.24) is 14.8 Å². The first kappa shape index (κ1) is 26.7. The average molecular weight is 594 g/mol. The molecule has 8 nitrogen and oxygen atoms in total. The summed E-state index contributed by atoms with van der Waals surface area (Å²) >= 11 is 6.22. The zero-order valence-electron chi connectivity index (χ0n) is 20.5. The molecule has 1 N–H and O–H groups in total. The topological polar surface area (TPSA) is 95.3 Å². The lowest BCUT2D eigenvalue weighted by Crippen LogP contribution is -2.17. The number of ether oxygens (including phenoxy) is 2. The lowest BCUT2D eigenvalue weighted by Gasteiger charge is -2.15. The van der Waals surface area contributed by atoms with Crippen LogP contribution in [0.1, 0.15) is 65.8 Å².